The molecule has 5 nitrogen and oxygen atoms in total. The van der Waals surface area contributed by atoms with Crippen LogP contribution in [0.4, 0.5) is 0 Å². The molecule has 0 bridgehead atoms. The number of para-hydroxylation sites is 1. The highest BCUT2D eigenvalue weighted by atomic mass is 32.2. The van der Waals surface area contributed by atoms with Gasteiger partial charge in [-0.25, -0.2) is 9.67 Å². The second-order valence-electron chi connectivity index (χ2n) is 4.84. The zero-order chi connectivity index (χ0) is 14.8. The highest BCUT2D eigenvalue weighted by Gasteiger charge is 2.12. The van der Waals surface area contributed by atoms with Crippen LogP contribution in [-0.2, 0) is 0 Å². The van der Waals surface area contributed by atoms with E-state index in [1.165, 1.54) is 0 Å². The van der Waals surface area contributed by atoms with Gasteiger partial charge in [0.2, 0.25) is 0 Å². The lowest BCUT2D eigenvalue weighted by Crippen LogP contribution is -2.11. The normalized spacial score (nSPS) is 12.7. The number of H-pyrrole nitrogens is 1. The third-order valence-electron chi connectivity index (χ3n) is 3.30. The van der Waals surface area contributed by atoms with Gasteiger partial charge in [-0.1, -0.05) is 43.8 Å². The summed E-state index contributed by atoms with van der Waals surface area (Å²) in [6.45, 7) is 4.23. The lowest BCUT2D eigenvalue weighted by Gasteiger charge is -2.07. The fourth-order valence-corrected chi connectivity index (χ4v) is 2.82. The number of fused-ring (bicyclic) bond motifs is 1. The molecule has 0 radical (unpaired) electrons. The maximum absolute atomic E-state index is 12.2. The molecule has 0 fully saturated rings. The van der Waals surface area contributed by atoms with Gasteiger partial charge in [-0.05, 0) is 18.6 Å². The van der Waals surface area contributed by atoms with Crippen LogP contribution in [0.3, 0.4) is 0 Å². The molecule has 6 heteroatoms. The lowest BCUT2D eigenvalue weighted by atomic mass is 10.3. The van der Waals surface area contributed by atoms with Crippen molar-refractivity contribution < 1.29 is 0 Å². The van der Waals surface area contributed by atoms with E-state index in [0.717, 1.165) is 12.1 Å². The van der Waals surface area contributed by atoms with E-state index in [1.807, 2.05) is 30.3 Å². The molecule has 1 atom stereocenters. The summed E-state index contributed by atoms with van der Waals surface area (Å²) >= 11 is 1.57. The van der Waals surface area contributed by atoms with Crippen LogP contribution in [0.1, 0.15) is 20.3 Å². The Bertz CT molecular complexity index is 809. The number of nitrogens with one attached hydrogen (secondary N) is 1. The topological polar surface area (TPSA) is 63.6 Å². The maximum Gasteiger partial charge on any atom is 0.262 e. The molecule has 0 saturated heterocycles. The van der Waals surface area contributed by atoms with E-state index in [4.69, 9.17) is 0 Å². The van der Waals surface area contributed by atoms with Crippen LogP contribution in [-0.4, -0.2) is 25.0 Å². The van der Waals surface area contributed by atoms with Gasteiger partial charge in [-0.2, -0.15) is 5.10 Å². The standard InChI is InChI=1S/C15H16N4OS/c1-3-10(2)21-15-17-13-12(14(20)18-15)9-16-19(13)11-7-5-4-6-8-11/h4-10H,3H2,1-2H3,(H,17,18,20)/t10-/m0/s1. The van der Waals surface area contributed by atoms with E-state index in [0.29, 0.717) is 21.4 Å². The summed E-state index contributed by atoms with van der Waals surface area (Å²) in [6, 6.07) is 9.70. The minimum absolute atomic E-state index is 0.145. The summed E-state index contributed by atoms with van der Waals surface area (Å²) in [5.74, 6) is 0. The molecule has 2 heterocycles. The average Bonchev–Trinajstić information content (AvgIpc) is 2.92. The van der Waals surface area contributed by atoms with Crippen molar-refractivity contribution in [3.8, 4) is 5.69 Å². The largest absolute Gasteiger partial charge is 0.301 e. The first-order valence-electron chi connectivity index (χ1n) is 6.89. The Hall–Kier alpha value is -2.08. The minimum atomic E-state index is -0.145. The number of aromatic nitrogens is 4. The summed E-state index contributed by atoms with van der Waals surface area (Å²) < 4.78 is 1.70. The van der Waals surface area contributed by atoms with Crippen molar-refractivity contribution in [1.82, 2.24) is 19.7 Å². The summed E-state index contributed by atoms with van der Waals surface area (Å²) in [5, 5.41) is 5.84. The van der Waals surface area contributed by atoms with E-state index in [2.05, 4.69) is 28.9 Å². The monoisotopic (exact) mass is 300 g/mol. The lowest BCUT2D eigenvalue weighted by molar-refractivity contribution is 0.860. The molecule has 3 aromatic rings. The third-order valence-corrected chi connectivity index (χ3v) is 4.46. The van der Waals surface area contributed by atoms with Crippen molar-refractivity contribution in [2.24, 2.45) is 0 Å². The average molecular weight is 300 g/mol. The van der Waals surface area contributed by atoms with Gasteiger partial charge in [0.15, 0.2) is 10.8 Å². The predicted molar refractivity (Wildman–Crippen MR) is 85.1 cm³/mol. The van der Waals surface area contributed by atoms with Crippen molar-refractivity contribution in [3.63, 3.8) is 0 Å². The molecule has 0 unspecified atom stereocenters. The van der Waals surface area contributed by atoms with Crippen molar-refractivity contribution in [1.29, 1.82) is 0 Å². The van der Waals surface area contributed by atoms with Crippen LogP contribution >= 0.6 is 11.8 Å². The highest BCUT2D eigenvalue weighted by Crippen LogP contribution is 2.22. The van der Waals surface area contributed by atoms with E-state index < -0.39 is 0 Å². The molecular weight excluding hydrogens is 284 g/mol. The zero-order valence-electron chi connectivity index (χ0n) is 11.9. The highest BCUT2D eigenvalue weighted by molar-refractivity contribution is 7.99. The molecule has 0 aliphatic rings. The molecule has 1 N–H and O–H groups in total. The minimum Gasteiger partial charge on any atom is -0.301 e. The number of nitrogens with zero attached hydrogens (tertiary/aromatic N) is 3. The number of aromatic amines is 1. The van der Waals surface area contributed by atoms with Gasteiger partial charge >= 0.3 is 0 Å². The molecule has 21 heavy (non-hydrogen) atoms. The predicted octanol–water partition coefficient (Wildman–Crippen LogP) is 3.00. The van der Waals surface area contributed by atoms with E-state index in [9.17, 15) is 4.79 Å². The van der Waals surface area contributed by atoms with Gasteiger partial charge in [-0.3, -0.25) is 4.79 Å². The molecule has 0 amide bonds. The van der Waals surface area contributed by atoms with Crippen molar-refractivity contribution in [2.45, 2.75) is 30.7 Å². The van der Waals surface area contributed by atoms with Gasteiger partial charge < -0.3 is 4.98 Å². The number of benzene rings is 1. The van der Waals surface area contributed by atoms with Crippen LogP contribution in [0.25, 0.3) is 16.7 Å². The summed E-state index contributed by atoms with van der Waals surface area (Å²) in [5.41, 5.74) is 1.34. The van der Waals surface area contributed by atoms with Crippen molar-refractivity contribution in [3.05, 3.63) is 46.9 Å². The first-order valence-corrected chi connectivity index (χ1v) is 7.77. The molecular formula is C15H16N4OS. The SMILES string of the molecule is CC[C@H](C)Sc1nc2c(cnn2-c2ccccc2)c(=O)[nH]1. The summed E-state index contributed by atoms with van der Waals surface area (Å²) in [4.78, 5) is 19.5. The van der Waals surface area contributed by atoms with Gasteiger partial charge in [0, 0.05) is 5.25 Å². The van der Waals surface area contributed by atoms with Gasteiger partial charge in [-0.15, -0.1) is 0 Å². The molecule has 3 rings (SSSR count). The van der Waals surface area contributed by atoms with E-state index in [-0.39, 0.29) is 5.56 Å². The van der Waals surface area contributed by atoms with Crippen LogP contribution in [0.15, 0.2) is 46.5 Å². The number of hydrogen-bond donors (Lipinski definition) is 1. The van der Waals surface area contributed by atoms with Gasteiger partial charge in [0.05, 0.1) is 11.9 Å². The van der Waals surface area contributed by atoms with Crippen LogP contribution in [0, 0.1) is 0 Å². The molecule has 108 valence electrons. The Morgan fingerprint density at radius 3 is 2.81 bits per heavy atom. The number of thioether (sulfide) groups is 1. The smallest absolute Gasteiger partial charge is 0.262 e. The second kappa shape index (κ2) is 5.73. The fourth-order valence-electron chi connectivity index (χ4n) is 1.99. The number of hydrogen-bond acceptors (Lipinski definition) is 4. The summed E-state index contributed by atoms with van der Waals surface area (Å²) in [7, 11) is 0. The van der Waals surface area contributed by atoms with Gasteiger partial charge in [0.25, 0.3) is 5.56 Å². The molecule has 0 saturated carbocycles. The molecule has 0 spiro atoms. The Labute approximate surface area is 126 Å². The van der Waals surface area contributed by atoms with Gasteiger partial charge in [0.1, 0.15) is 5.39 Å². The van der Waals surface area contributed by atoms with E-state index >= 15 is 0 Å². The first kappa shape index (κ1) is 13.9. The Kier molecular flexibility index (Phi) is 3.79. The quantitative estimate of drug-likeness (QED) is 0.594. The van der Waals surface area contributed by atoms with E-state index in [1.54, 1.807) is 22.6 Å². The summed E-state index contributed by atoms with van der Waals surface area (Å²) in [6.07, 6.45) is 2.58. The molecule has 2 aromatic heterocycles. The third kappa shape index (κ3) is 2.71. The Morgan fingerprint density at radius 2 is 2.10 bits per heavy atom. The maximum atomic E-state index is 12.2. The van der Waals surface area contributed by atoms with Crippen molar-refractivity contribution in [2.75, 3.05) is 0 Å². The number of rotatable bonds is 4. The Balaban J connectivity index is 2.14. The van der Waals surface area contributed by atoms with Crippen LogP contribution < -0.4 is 5.56 Å². The second-order valence-corrected chi connectivity index (χ2v) is 6.26. The van der Waals surface area contributed by atoms with Crippen LogP contribution in [0.5, 0.6) is 0 Å². The Morgan fingerprint density at radius 1 is 1.33 bits per heavy atom. The first-order chi connectivity index (χ1) is 10.2. The fraction of sp³-hybridized carbons (Fsp3) is 0.267. The zero-order valence-corrected chi connectivity index (χ0v) is 12.7. The molecule has 0 aliphatic heterocycles. The van der Waals surface area contributed by atoms with Crippen LogP contribution in [0.2, 0.25) is 0 Å². The molecule has 0 aliphatic carbocycles. The molecule has 1 aromatic carbocycles. The van der Waals surface area contributed by atoms with Crippen molar-refractivity contribution >= 4 is 22.8 Å².